The zero-order valence-corrected chi connectivity index (χ0v) is 15.7. The Bertz CT molecular complexity index is 875. The van der Waals surface area contributed by atoms with Gasteiger partial charge in [-0.25, -0.2) is 4.98 Å². The van der Waals surface area contributed by atoms with E-state index in [0.717, 1.165) is 29.3 Å². The predicted molar refractivity (Wildman–Crippen MR) is 108 cm³/mol. The number of hydrogen-bond acceptors (Lipinski definition) is 5. The molecule has 5 heteroatoms. The first kappa shape index (κ1) is 17.9. The van der Waals surface area contributed by atoms with Gasteiger partial charge in [-0.2, -0.15) is 4.98 Å². The standard InChI is InChI=1S/C21H25N5/c1-5-23-21-25-19(16-8-10-22-11-9-16)13-20(26-21)24-17-6-7-18(14(2)3)15(4)12-17/h6-14H,5H2,1-4H3,(H2,23,24,25,26). The van der Waals surface area contributed by atoms with Crippen LogP contribution in [0.25, 0.3) is 11.3 Å². The molecule has 3 aromatic rings. The molecule has 0 aliphatic carbocycles. The molecule has 0 atom stereocenters. The molecule has 5 nitrogen and oxygen atoms in total. The molecule has 0 aliphatic heterocycles. The van der Waals surface area contributed by atoms with Crippen LogP contribution in [0, 0.1) is 6.92 Å². The van der Waals surface area contributed by atoms with Crippen LogP contribution in [-0.4, -0.2) is 21.5 Å². The Morgan fingerprint density at radius 2 is 1.77 bits per heavy atom. The molecular formula is C21H25N5. The van der Waals surface area contributed by atoms with E-state index in [0.29, 0.717) is 11.9 Å². The molecule has 0 spiro atoms. The van der Waals surface area contributed by atoms with E-state index in [-0.39, 0.29) is 0 Å². The number of pyridine rings is 1. The summed E-state index contributed by atoms with van der Waals surface area (Å²) in [5, 5.41) is 6.61. The minimum Gasteiger partial charge on any atom is -0.354 e. The lowest BCUT2D eigenvalue weighted by Gasteiger charge is -2.14. The highest BCUT2D eigenvalue weighted by molar-refractivity contribution is 5.67. The van der Waals surface area contributed by atoms with E-state index in [4.69, 9.17) is 0 Å². The van der Waals surface area contributed by atoms with Crippen LogP contribution in [0.4, 0.5) is 17.5 Å². The molecule has 2 N–H and O–H groups in total. The Morgan fingerprint density at radius 1 is 1.00 bits per heavy atom. The monoisotopic (exact) mass is 347 g/mol. The maximum atomic E-state index is 4.60. The zero-order chi connectivity index (χ0) is 18.5. The van der Waals surface area contributed by atoms with E-state index in [1.807, 2.05) is 25.1 Å². The van der Waals surface area contributed by atoms with Crippen molar-refractivity contribution in [2.24, 2.45) is 0 Å². The lowest BCUT2D eigenvalue weighted by molar-refractivity contribution is 0.857. The molecule has 0 amide bonds. The largest absolute Gasteiger partial charge is 0.354 e. The van der Waals surface area contributed by atoms with E-state index in [1.165, 1.54) is 11.1 Å². The fraction of sp³-hybridized carbons (Fsp3) is 0.286. The Morgan fingerprint density at radius 3 is 2.42 bits per heavy atom. The summed E-state index contributed by atoms with van der Waals surface area (Å²) in [6.07, 6.45) is 3.54. The van der Waals surface area contributed by atoms with Crippen LogP contribution in [0.3, 0.4) is 0 Å². The van der Waals surface area contributed by atoms with Gasteiger partial charge in [0.05, 0.1) is 5.69 Å². The van der Waals surface area contributed by atoms with Gasteiger partial charge in [-0.15, -0.1) is 0 Å². The van der Waals surface area contributed by atoms with Gasteiger partial charge < -0.3 is 10.6 Å². The summed E-state index contributed by atoms with van der Waals surface area (Å²) in [5.41, 5.74) is 5.53. The smallest absolute Gasteiger partial charge is 0.225 e. The van der Waals surface area contributed by atoms with Crippen LogP contribution in [0.5, 0.6) is 0 Å². The maximum absolute atomic E-state index is 4.60. The molecule has 3 rings (SSSR count). The number of anilines is 3. The van der Waals surface area contributed by atoms with Crippen molar-refractivity contribution in [2.45, 2.75) is 33.6 Å². The molecule has 2 heterocycles. The van der Waals surface area contributed by atoms with Gasteiger partial charge in [0.25, 0.3) is 0 Å². The summed E-state index contributed by atoms with van der Waals surface area (Å²) < 4.78 is 0. The Hall–Kier alpha value is -2.95. The van der Waals surface area contributed by atoms with Crippen molar-refractivity contribution in [3.63, 3.8) is 0 Å². The molecule has 2 aromatic heterocycles. The normalized spacial score (nSPS) is 10.8. The van der Waals surface area contributed by atoms with Gasteiger partial charge in [0.2, 0.25) is 5.95 Å². The van der Waals surface area contributed by atoms with Crippen LogP contribution >= 0.6 is 0 Å². The lowest BCUT2D eigenvalue weighted by atomic mass is 9.98. The van der Waals surface area contributed by atoms with Crippen LogP contribution < -0.4 is 10.6 Å². The van der Waals surface area contributed by atoms with E-state index >= 15 is 0 Å². The summed E-state index contributed by atoms with van der Waals surface area (Å²) in [7, 11) is 0. The van der Waals surface area contributed by atoms with Gasteiger partial charge in [-0.3, -0.25) is 4.98 Å². The fourth-order valence-electron chi connectivity index (χ4n) is 2.97. The number of hydrogen-bond donors (Lipinski definition) is 2. The third kappa shape index (κ3) is 4.17. The molecule has 0 bridgehead atoms. The topological polar surface area (TPSA) is 62.7 Å². The molecule has 0 saturated heterocycles. The lowest BCUT2D eigenvalue weighted by Crippen LogP contribution is -2.05. The number of benzene rings is 1. The van der Waals surface area contributed by atoms with Crippen LogP contribution in [0.2, 0.25) is 0 Å². The predicted octanol–water partition coefficient (Wildman–Crippen LogP) is 5.15. The summed E-state index contributed by atoms with van der Waals surface area (Å²) in [6, 6.07) is 12.3. The highest BCUT2D eigenvalue weighted by Crippen LogP contribution is 2.26. The number of aryl methyl sites for hydroxylation is 1. The second-order valence-electron chi connectivity index (χ2n) is 6.58. The Balaban J connectivity index is 1.94. The van der Waals surface area contributed by atoms with Gasteiger partial charge in [0.15, 0.2) is 0 Å². The highest BCUT2D eigenvalue weighted by atomic mass is 15.1. The summed E-state index contributed by atoms with van der Waals surface area (Å²) in [6.45, 7) is 9.37. The van der Waals surface area contributed by atoms with Crippen molar-refractivity contribution >= 4 is 17.5 Å². The number of aromatic nitrogens is 3. The fourth-order valence-corrected chi connectivity index (χ4v) is 2.97. The maximum Gasteiger partial charge on any atom is 0.225 e. The molecule has 134 valence electrons. The molecule has 1 aromatic carbocycles. The minimum atomic E-state index is 0.516. The third-order valence-corrected chi connectivity index (χ3v) is 4.20. The van der Waals surface area contributed by atoms with Crippen molar-refractivity contribution in [1.82, 2.24) is 15.0 Å². The Kier molecular flexibility index (Phi) is 5.46. The van der Waals surface area contributed by atoms with Gasteiger partial charge in [0, 0.05) is 36.3 Å². The first-order valence-electron chi connectivity index (χ1n) is 8.97. The SMILES string of the molecule is CCNc1nc(Nc2ccc(C(C)C)c(C)c2)cc(-c2ccncc2)n1. The molecule has 0 saturated carbocycles. The summed E-state index contributed by atoms with van der Waals surface area (Å²) in [5.74, 6) is 1.89. The summed E-state index contributed by atoms with van der Waals surface area (Å²) >= 11 is 0. The van der Waals surface area contributed by atoms with Gasteiger partial charge in [-0.05, 0) is 55.2 Å². The minimum absolute atomic E-state index is 0.516. The molecule has 0 unspecified atom stereocenters. The van der Waals surface area contributed by atoms with Crippen molar-refractivity contribution in [3.05, 3.63) is 59.9 Å². The van der Waals surface area contributed by atoms with E-state index in [9.17, 15) is 0 Å². The van der Waals surface area contributed by atoms with Gasteiger partial charge in [-0.1, -0.05) is 19.9 Å². The van der Waals surface area contributed by atoms with Crippen molar-refractivity contribution in [1.29, 1.82) is 0 Å². The molecule has 0 radical (unpaired) electrons. The van der Waals surface area contributed by atoms with Gasteiger partial charge in [0.1, 0.15) is 5.82 Å². The third-order valence-electron chi connectivity index (χ3n) is 4.20. The molecule has 0 fully saturated rings. The first-order chi connectivity index (χ1) is 12.6. The molecular weight excluding hydrogens is 322 g/mol. The second kappa shape index (κ2) is 7.95. The van der Waals surface area contributed by atoms with Gasteiger partial charge >= 0.3 is 0 Å². The van der Waals surface area contributed by atoms with Crippen molar-refractivity contribution in [3.8, 4) is 11.3 Å². The molecule has 26 heavy (non-hydrogen) atoms. The number of rotatable bonds is 6. The Labute approximate surface area is 154 Å². The number of nitrogens with one attached hydrogen (secondary N) is 2. The highest BCUT2D eigenvalue weighted by Gasteiger charge is 2.08. The first-order valence-corrected chi connectivity index (χ1v) is 8.97. The van der Waals surface area contributed by atoms with E-state index in [2.05, 4.69) is 64.6 Å². The second-order valence-corrected chi connectivity index (χ2v) is 6.58. The number of nitrogens with zero attached hydrogens (tertiary/aromatic N) is 3. The van der Waals surface area contributed by atoms with Crippen LogP contribution in [-0.2, 0) is 0 Å². The van der Waals surface area contributed by atoms with Crippen LogP contribution in [0.1, 0.15) is 37.8 Å². The zero-order valence-electron chi connectivity index (χ0n) is 15.7. The average molecular weight is 347 g/mol. The van der Waals surface area contributed by atoms with E-state index in [1.54, 1.807) is 12.4 Å². The van der Waals surface area contributed by atoms with Crippen molar-refractivity contribution in [2.75, 3.05) is 17.2 Å². The van der Waals surface area contributed by atoms with Crippen molar-refractivity contribution < 1.29 is 0 Å². The van der Waals surface area contributed by atoms with E-state index < -0.39 is 0 Å². The quantitative estimate of drug-likeness (QED) is 0.646. The van der Waals surface area contributed by atoms with Crippen LogP contribution in [0.15, 0.2) is 48.8 Å². The average Bonchev–Trinajstić information content (AvgIpc) is 2.62. The molecule has 0 aliphatic rings. The summed E-state index contributed by atoms with van der Waals surface area (Å²) in [4.78, 5) is 13.3.